The summed E-state index contributed by atoms with van der Waals surface area (Å²) in [5.74, 6) is -6.96. The van der Waals surface area contributed by atoms with E-state index in [2.05, 4.69) is 33.7 Å². The van der Waals surface area contributed by atoms with Crippen molar-refractivity contribution in [2.45, 2.75) is 239 Å². The van der Waals surface area contributed by atoms with Gasteiger partial charge in [0.25, 0.3) is 5.15 Å². The van der Waals surface area contributed by atoms with Crippen LogP contribution < -0.4 is 28.5 Å². The molecule has 4 bridgehead atoms. The first kappa shape index (κ1) is 99.7. The summed E-state index contributed by atoms with van der Waals surface area (Å²) in [7, 11) is 6.12. The third kappa shape index (κ3) is 19.4. The third-order valence-electron chi connectivity index (χ3n) is 29.3. The quantitative estimate of drug-likeness (QED) is 0.0203. The molecule has 8 N–H and O–H groups in total. The molecule has 0 radical (unpaired) electrons. The molecular formula is C90H133Cl2IN6O19. The van der Waals surface area contributed by atoms with Gasteiger partial charge in [-0.1, -0.05) is 130 Å². The van der Waals surface area contributed by atoms with Crippen LogP contribution in [0.3, 0.4) is 0 Å². The molecule has 658 valence electrons. The van der Waals surface area contributed by atoms with Gasteiger partial charge >= 0.3 is 23.9 Å². The predicted molar refractivity (Wildman–Crippen MR) is 443 cm³/mol. The molecule has 4 unspecified atom stereocenters. The lowest BCUT2D eigenvalue weighted by atomic mass is 9.40. The molecule has 13 rings (SSSR count). The normalized spacial score (nSPS) is 34.9. The van der Waals surface area contributed by atoms with Crippen molar-refractivity contribution in [3.63, 3.8) is 0 Å². The maximum atomic E-state index is 14.5. The van der Waals surface area contributed by atoms with E-state index in [0.717, 1.165) is 88.1 Å². The summed E-state index contributed by atoms with van der Waals surface area (Å²) in [6.07, 6.45) is -6.28. The van der Waals surface area contributed by atoms with Gasteiger partial charge in [0.2, 0.25) is 6.10 Å². The Balaban J connectivity index is 0.000000254. The van der Waals surface area contributed by atoms with Gasteiger partial charge in [0, 0.05) is 143 Å². The topological polar surface area (TPSA) is 351 Å². The van der Waals surface area contributed by atoms with Crippen molar-refractivity contribution in [2.75, 3.05) is 92.8 Å². The number of hydrogen-bond donors (Lipinski definition) is 8. The van der Waals surface area contributed by atoms with E-state index in [1.807, 2.05) is 159 Å². The number of rotatable bonds is 17. The number of aliphatic hydroxyl groups excluding tert-OH is 5. The van der Waals surface area contributed by atoms with Gasteiger partial charge in [-0.25, -0.2) is 9.59 Å². The molecule has 118 heavy (non-hydrogen) atoms. The number of nitriles is 1. The minimum Gasteiger partial charge on any atom is -1.00 e. The molecule has 0 spiro atoms. The number of fused-ring (bicyclic) bond motifs is 10. The zero-order chi connectivity index (χ0) is 85.9. The first-order chi connectivity index (χ1) is 54.3. The smallest absolute Gasteiger partial charge is 0.348 e. The summed E-state index contributed by atoms with van der Waals surface area (Å²) in [5, 5.41) is 99.7. The number of Topliss-reactive ketones (excluding diaryl/α,β-unsaturated/α-hetero) is 2. The summed E-state index contributed by atoms with van der Waals surface area (Å²) in [6, 6.07) is 26.0. The van der Waals surface area contributed by atoms with Crippen LogP contribution in [0.2, 0.25) is 5.15 Å². The van der Waals surface area contributed by atoms with Gasteiger partial charge in [0.15, 0.2) is 23.9 Å². The molecule has 4 aliphatic heterocycles. The number of carbonyl (C=O) groups excluding carboxylic acids is 5. The number of aliphatic hydroxyl groups is 7. The standard InChI is InChI=1S/C41H60N2O9.C32H44O8.C9H18N2O2.C6H7ClN.C2H3N.ClH.HI/c1-24(27-13-10-9-11-14-27)34(52-31(45)15-12-16-43-19-17-42(8)18-20-43)37(48)51-28-22-41(49)26(3)35-39(6)23-50-30(39)21-29(44)40(35,7)36(47)33(46)32(25(28)2)38(41,4)5;1-16(19-11-9-8-10-12-19)24(34)28(37)40-20-14-32(38)18(3)26-30(6)15-39-22(30)13-21(33)31(26,7)27(36)25(35)23(17(20)2)29(32,4)5;1-10-5-7-11(8-6-10)4-2-3-9(12)13;1-8-5-3-2-4-6(8)7;1-2-3;;/h9-11,13-14,24,26,28-30,33-35,44,46,49H,12,15-23H2,1-8H3;8-12,16,18,20-22,24-26,33-35,38H,13-15H2,1-7H3;2-8H2,1H3,(H,12,13);2-5H,1H3;1H3;2*1H/q;;;+1;;;/p-1/t24-,26-,28-,29-,30?,33+,34+,35?,39+,40+,41+;16-,18-,20-,21-,22?,24+,25+,26?,30+,31+,32+;;;;;/m00...../s1. The van der Waals surface area contributed by atoms with Gasteiger partial charge in [-0.15, -0.1) is 12.4 Å². The number of aliphatic carboxylic acids is 1. The van der Waals surface area contributed by atoms with Crippen LogP contribution in [0.5, 0.6) is 0 Å². The first-order valence-corrected chi connectivity index (χ1v) is 41.9. The van der Waals surface area contributed by atoms with Crippen molar-refractivity contribution in [2.24, 2.45) is 63.2 Å². The van der Waals surface area contributed by atoms with Crippen molar-refractivity contribution >= 4 is 59.5 Å². The Kier molecular flexibility index (Phi) is 33.8. The van der Waals surface area contributed by atoms with Gasteiger partial charge in [-0.2, -0.15) is 9.83 Å². The summed E-state index contributed by atoms with van der Waals surface area (Å²) >= 11 is 5.67. The maximum absolute atomic E-state index is 14.5. The second-order valence-electron chi connectivity index (χ2n) is 36.8. The highest BCUT2D eigenvalue weighted by Crippen LogP contribution is 2.69. The van der Waals surface area contributed by atoms with Crippen LogP contribution in [-0.2, 0) is 59.5 Å². The SMILES string of the molecule is CC#N.CC1=C2[C@@H](O)C(=O)[C@@]3(C)C([C@H](C)[C@](O)(C[C@@H]1OC(=O)[C@H](O)[C@@H](C)c1ccccc1)C2(C)C)[C@]1(C)COC1C[C@@H]3O.CC1=C2[C@@H](O)C(=O)[C@@]3(C)C([C@H](C)[C@](O)(C[C@@H]1OC(=O)[C@H](OC(=O)CCCN1CCN(C)CC1)[C@@H](C)c1ccccc1)C2(C)C)[C@]1(C)COC1C[C@@H]3O.CN1CCN(CCCC(=O)O)CC1.C[n+]1ccccc1Cl.Cl.[I-]. The van der Waals surface area contributed by atoms with Crippen molar-refractivity contribution in [3.05, 3.63) is 124 Å². The van der Waals surface area contributed by atoms with Crippen molar-refractivity contribution in [1.82, 2.24) is 19.6 Å². The maximum Gasteiger partial charge on any atom is 0.348 e. The molecule has 2 aromatic carbocycles. The number of carboxylic acids is 1. The number of aryl methyl sites for hydroxylation is 1. The van der Waals surface area contributed by atoms with E-state index in [0.29, 0.717) is 48.3 Å². The van der Waals surface area contributed by atoms with Crippen LogP contribution >= 0.6 is 24.0 Å². The van der Waals surface area contributed by atoms with Gasteiger partial charge in [-0.05, 0) is 142 Å². The van der Waals surface area contributed by atoms with Crippen molar-refractivity contribution in [1.29, 1.82) is 5.26 Å². The summed E-state index contributed by atoms with van der Waals surface area (Å²) in [4.78, 5) is 89.2. The monoisotopic (exact) mass is 1800 g/mol. The number of esters is 3. The molecule has 4 saturated heterocycles. The average Bonchev–Trinajstić information content (AvgIpc) is 0.679. The number of piperazine rings is 2. The second-order valence-corrected chi connectivity index (χ2v) is 37.2. The van der Waals surface area contributed by atoms with E-state index in [1.54, 1.807) is 40.7 Å². The summed E-state index contributed by atoms with van der Waals surface area (Å²) < 4.78 is 31.7. The molecule has 4 saturated carbocycles. The molecule has 6 aliphatic carbocycles. The van der Waals surface area contributed by atoms with Gasteiger partial charge < -0.3 is 108 Å². The van der Waals surface area contributed by atoms with E-state index < -0.39 is 163 Å². The fraction of sp³-hybridized carbons (Fsp3) is 0.689. The Hall–Kier alpha value is -5.43. The Bertz CT molecular complexity index is 4060. The van der Waals surface area contributed by atoms with Crippen LogP contribution in [0.4, 0.5) is 0 Å². The van der Waals surface area contributed by atoms with Gasteiger partial charge in [0.05, 0.1) is 65.7 Å². The molecule has 28 heteroatoms. The number of ketones is 2. The highest BCUT2D eigenvalue weighted by molar-refractivity contribution is 6.28. The number of pyridine rings is 1. The van der Waals surface area contributed by atoms with E-state index in [-0.39, 0.29) is 80.7 Å². The Morgan fingerprint density at radius 3 is 1.35 bits per heavy atom. The zero-order valence-corrected chi connectivity index (χ0v) is 76.1. The molecule has 1 aromatic heterocycles. The number of likely N-dealkylation sites (N-methyl/N-ethyl adjacent to an activating group) is 2. The van der Waals surface area contributed by atoms with Crippen LogP contribution in [0.1, 0.15) is 178 Å². The molecule has 10 aliphatic rings. The Morgan fingerprint density at radius 1 is 0.619 bits per heavy atom. The van der Waals surface area contributed by atoms with Crippen LogP contribution in [0.15, 0.2) is 107 Å². The highest BCUT2D eigenvalue weighted by Gasteiger charge is 2.75. The lowest BCUT2D eigenvalue weighted by Crippen LogP contribution is -3.00. The van der Waals surface area contributed by atoms with Crippen LogP contribution in [-0.4, -0.2) is 261 Å². The van der Waals surface area contributed by atoms with E-state index >= 15 is 0 Å². The number of aromatic nitrogens is 1. The minimum absolute atomic E-state index is 0. The number of carboxylic acid groups (broad SMARTS) is 1. The molecule has 5 heterocycles. The van der Waals surface area contributed by atoms with E-state index in [9.17, 15) is 64.5 Å². The summed E-state index contributed by atoms with van der Waals surface area (Å²) in [6.45, 7) is 37.7. The van der Waals surface area contributed by atoms with E-state index in [1.165, 1.54) is 6.92 Å². The Labute approximate surface area is 726 Å². The fourth-order valence-electron chi connectivity index (χ4n) is 21.7. The first-order valence-electron chi connectivity index (χ1n) is 41.6. The number of hydrogen-bond acceptors (Lipinski definition) is 23. The van der Waals surface area contributed by atoms with Crippen molar-refractivity contribution in [3.8, 4) is 6.07 Å². The molecule has 8 fully saturated rings. The van der Waals surface area contributed by atoms with Crippen molar-refractivity contribution < 1.29 is 122 Å². The predicted octanol–water partition coefficient (Wildman–Crippen LogP) is 5.62. The molecule has 0 amide bonds. The number of ether oxygens (including phenoxy) is 5. The van der Waals surface area contributed by atoms with Gasteiger partial charge in [0.1, 0.15) is 31.5 Å². The third-order valence-corrected chi connectivity index (χ3v) is 29.7. The molecular weight excluding hydrogens is 1670 g/mol. The molecule has 3 aromatic rings. The molecule has 22 atom stereocenters. The lowest BCUT2D eigenvalue weighted by Gasteiger charge is -2.68. The summed E-state index contributed by atoms with van der Waals surface area (Å²) in [5.41, 5.74) is -5.75. The second kappa shape index (κ2) is 40.0. The number of halogens is 3. The number of benzene rings is 2. The Morgan fingerprint density at radius 2 is 0.992 bits per heavy atom. The molecule has 25 nitrogen and oxygen atoms in total. The van der Waals surface area contributed by atoms with E-state index in [4.69, 9.17) is 45.7 Å². The van der Waals surface area contributed by atoms with Gasteiger partial charge in [-0.3, -0.25) is 19.2 Å². The van der Waals surface area contributed by atoms with Crippen LogP contribution in [0, 0.1) is 67.5 Å². The number of carbonyl (C=O) groups is 6. The average molecular weight is 1800 g/mol. The fourth-order valence-corrected chi connectivity index (χ4v) is 21.9. The van der Waals surface area contributed by atoms with Crippen LogP contribution in [0.25, 0.3) is 0 Å². The zero-order valence-electron chi connectivity index (χ0n) is 72.4. The minimum atomic E-state index is -1.64. The largest absolute Gasteiger partial charge is 1.00 e. The number of nitrogens with zero attached hydrogens (tertiary/aromatic N) is 6. The lowest BCUT2D eigenvalue weighted by molar-refractivity contribution is -0.669. The highest BCUT2D eigenvalue weighted by atomic mass is 127.